The second-order valence-corrected chi connectivity index (χ2v) is 11.2. The molecule has 2 fully saturated rings. The molecule has 0 atom stereocenters. The van der Waals surface area contributed by atoms with E-state index in [9.17, 15) is 18.8 Å². The molecule has 2 aliphatic heterocycles. The number of hydrogen-bond donors (Lipinski definition) is 1. The van der Waals surface area contributed by atoms with E-state index >= 15 is 0 Å². The average Bonchev–Trinajstić information content (AvgIpc) is 3.25. The Balaban J connectivity index is 1.26. The molecule has 9 nitrogen and oxygen atoms in total. The zero-order valence-electron chi connectivity index (χ0n) is 22.6. The number of methoxy groups -OCH3 is 1. The van der Waals surface area contributed by atoms with Crippen LogP contribution in [0.3, 0.4) is 0 Å². The third-order valence-electron chi connectivity index (χ3n) is 6.55. The van der Waals surface area contributed by atoms with Gasteiger partial charge in [0, 0.05) is 13.1 Å². The van der Waals surface area contributed by atoms with Gasteiger partial charge >= 0.3 is 0 Å². The Hall–Kier alpha value is -3.87. The van der Waals surface area contributed by atoms with Crippen LogP contribution in [-0.4, -0.2) is 61.9 Å². The number of hydrogen-bond acceptors (Lipinski definition) is 8. The zero-order valence-corrected chi connectivity index (χ0v) is 25.0. The lowest BCUT2D eigenvalue weighted by molar-refractivity contribution is -0.127. The van der Waals surface area contributed by atoms with Crippen molar-refractivity contribution in [3.63, 3.8) is 0 Å². The Morgan fingerprint density at radius 3 is 2.60 bits per heavy atom. The average molecular weight is 657 g/mol. The van der Waals surface area contributed by atoms with E-state index in [4.69, 9.17) is 14.2 Å². The van der Waals surface area contributed by atoms with Gasteiger partial charge in [-0.15, -0.1) is 0 Å². The van der Waals surface area contributed by atoms with Crippen LogP contribution in [0.15, 0.2) is 70.0 Å². The fourth-order valence-corrected chi connectivity index (χ4v) is 5.89. The van der Waals surface area contributed by atoms with Crippen molar-refractivity contribution >= 4 is 62.2 Å². The Bertz CT molecular complexity index is 1530. The number of imide groups is 1. The van der Waals surface area contributed by atoms with Gasteiger partial charge in [-0.2, -0.15) is 0 Å². The molecule has 3 aromatic rings. The second kappa shape index (κ2) is 13.4. The van der Waals surface area contributed by atoms with Gasteiger partial charge in [-0.25, -0.2) is 4.39 Å². The maximum absolute atomic E-state index is 13.2. The number of carbonyl (C=O) groups is 3. The smallest absolute Gasteiger partial charge is 0.294 e. The lowest BCUT2D eigenvalue weighted by Crippen LogP contribution is -2.38. The number of carbonyl (C=O) groups excluding carboxylic acids is 3. The molecule has 3 amide bonds. The summed E-state index contributed by atoms with van der Waals surface area (Å²) in [6.45, 7) is 2.36. The highest BCUT2D eigenvalue weighted by Gasteiger charge is 2.36. The van der Waals surface area contributed by atoms with E-state index in [2.05, 4.69) is 26.1 Å². The number of thioether (sulfide) groups is 1. The van der Waals surface area contributed by atoms with Crippen LogP contribution in [0.1, 0.15) is 11.1 Å². The molecule has 1 N–H and O–H groups in total. The number of anilines is 2. The molecule has 0 saturated carbocycles. The molecular weight excluding hydrogens is 629 g/mol. The molecule has 3 aromatic carbocycles. The number of morpholine rings is 1. The SMILES string of the molecule is COc1cc(/C=C2/SC(=O)N(CC(=O)Nc3ccccc3N3CCOCC3)C2=O)cc(Br)c1OCc1ccc(F)cc1. The summed E-state index contributed by atoms with van der Waals surface area (Å²) in [7, 11) is 1.49. The summed E-state index contributed by atoms with van der Waals surface area (Å²) in [5.41, 5.74) is 2.82. The number of nitrogens with one attached hydrogen (secondary N) is 1. The van der Waals surface area contributed by atoms with Crippen LogP contribution >= 0.6 is 27.7 Å². The van der Waals surface area contributed by atoms with Crippen molar-refractivity contribution in [2.24, 2.45) is 0 Å². The van der Waals surface area contributed by atoms with Crippen LogP contribution in [0.4, 0.5) is 20.6 Å². The van der Waals surface area contributed by atoms with E-state index in [1.54, 1.807) is 36.4 Å². The molecule has 0 bridgehead atoms. The van der Waals surface area contributed by atoms with E-state index in [-0.39, 0.29) is 17.3 Å². The number of benzene rings is 3. The van der Waals surface area contributed by atoms with Crippen LogP contribution in [0.5, 0.6) is 11.5 Å². The van der Waals surface area contributed by atoms with Crippen LogP contribution in [0, 0.1) is 5.82 Å². The van der Waals surface area contributed by atoms with Crippen LogP contribution < -0.4 is 19.7 Å². The Kier molecular flexibility index (Phi) is 9.45. The number of rotatable bonds is 9. The van der Waals surface area contributed by atoms with Crippen LogP contribution in [-0.2, 0) is 20.9 Å². The summed E-state index contributed by atoms with van der Waals surface area (Å²) >= 11 is 4.25. The van der Waals surface area contributed by atoms with Crippen molar-refractivity contribution < 1.29 is 33.0 Å². The molecule has 2 aliphatic rings. The summed E-state index contributed by atoms with van der Waals surface area (Å²) in [5, 5.41) is 2.31. The molecule has 5 rings (SSSR count). The predicted molar refractivity (Wildman–Crippen MR) is 162 cm³/mol. The summed E-state index contributed by atoms with van der Waals surface area (Å²) in [6.07, 6.45) is 1.56. The van der Waals surface area contributed by atoms with Crippen LogP contribution in [0.2, 0.25) is 0 Å². The minimum Gasteiger partial charge on any atom is -0.493 e. The molecule has 2 heterocycles. The molecule has 0 spiro atoms. The molecule has 12 heteroatoms. The van der Waals surface area contributed by atoms with Gasteiger partial charge in [0.2, 0.25) is 5.91 Å². The minimum atomic E-state index is -0.562. The molecule has 0 aromatic heterocycles. The fraction of sp³-hybridized carbons (Fsp3) is 0.233. The second-order valence-electron chi connectivity index (χ2n) is 9.38. The largest absolute Gasteiger partial charge is 0.493 e. The van der Waals surface area contributed by atoms with Gasteiger partial charge in [-0.05, 0) is 81.3 Å². The Morgan fingerprint density at radius 2 is 1.86 bits per heavy atom. The van der Waals surface area contributed by atoms with Crippen molar-refractivity contribution in [2.75, 3.05) is 50.2 Å². The van der Waals surface area contributed by atoms with E-state index < -0.39 is 23.6 Å². The lowest BCUT2D eigenvalue weighted by Gasteiger charge is -2.30. The molecule has 0 aliphatic carbocycles. The normalized spacial score (nSPS) is 16.2. The summed E-state index contributed by atoms with van der Waals surface area (Å²) in [5.74, 6) is -0.544. The first-order chi connectivity index (χ1) is 20.3. The van der Waals surface area contributed by atoms with Gasteiger partial charge in [-0.3, -0.25) is 19.3 Å². The summed E-state index contributed by atoms with van der Waals surface area (Å²) in [4.78, 5) is 42.0. The fourth-order valence-electron chi connectivity index (χ4n) is 4.48. The van der Waals surface area contributed by atoms with E-state index in [0.29, 0.717) is 53.5 Å². The third-order valence-corrected chi connectivity index (χ3v) is 8.05. The van der Waals surface area contributed by atoms with Crippen molar-refractivity contribution in [2.45, 2.75) is 6.61 Å². The van der Waals surface area contributed by atoms with Gasteiger partial charge in [0.05, 0.1) is 41.1 Å². The van der Waals surface area contributed by atoms with Gasteiger partial charge in [0.25, 0.3) is 11.1 Å². The lowest BCUT2D eigenvalue weighted by atomic mass is 10.1. The Labute approximate surface area is 254 Å². The van der Waals surface area contributed by atoms with Crippen molar-refractivity contribution in [1.29, 1.82) is 0 Å². The molecule has 218 valence electrons. The van der Waals surface area contributed by atoms with Crippen LogP contribution in [0.25, 0.3) is 6.08 Å². The highest BCUT2D eigenvalue weighted by atomic mass is 79.9. The van der Waals surface area contributed by atoms with Gasteiger partial charge in [-0.1, -0.05) is 24.3 Å². The number of ether oxygens (including phenoxy) is 3. The van der Waals surface area contributed by atoms with E-state index in [0.717, 1.165) is 27.9 Å². The maximum Gasteiger partial charge on any atom is 0.294 e. The van der Waals surface area contributed by atoms with Crippen molar-refractivity contribution in [3.8, 4) is 11.5 Å². The van der Waals surface area contributed by atoms with Crippen molar-refractivity contribution in [3.05, 3.63) is 87.0 Å². The molecule has 2 saturated heterocycles. The first-order valence-corrected chi connectivity index (χ1v) is 14.6. The molecular formula is C30H27BrFN3O6S. The monoisotopic (exact) mass is 655 g/mol. The number of nitrogens with zero attached hydrogens (tertiary/aromatic N) is 2. The standard InChI is InChI=1S/C30H27BrFN3O6S/c1-39-25-15-20(14-22(31)28(25)41-18-19-6-8-21(32)9-7-19)16-26-29(37)35(30(38)42-26)17-27(36)33-23-4-2-3-5-24(23)34-10-12-40-13-11-34/h2-9,14-16H,10-13,17-18H2,1H3,(H,33,36)/b26-16+. The molecule has 42 heavy (non-hydrogen) atoms. The van der Waals surface area contributed by atoms with Gasteiger partial charge < -0.3 is 24.4 Å². The molecule has 0 unspecified atom stereocenters. The highest BCUT2D eigenvalue weighted by molar-refractivity contribution is 9.10. The summed E-state index contributed by atoms with van der Waals surface area (Å²) < 4.78 is 30.6. The number of amides is 3. The predicted octanol–water partition coefficient (Wildman–Crippen LogP) is 5.69. The first kappa shape index (κ1) is 29.6. The Morgan fingerprint density at radius 1 is 1.12 bits per heavy atom. The zero-order chi connectivity index (χ0) is 29.6. The third kappa shape index (κ3) is 6.94. The topological polar surface area (TPSA) is 97.4 Å². The number of para-hydroxylation sites is 2. The maximum atomic E-state index is 13.2. The summed E-state index contributed by atoms with van der Waals surface area (Å²) in [6, 6.07) is 16.8. The van der Waals surface area contributed by atoms with Crippen molar-refractivity contribution in [1.82, 2.24) is 4.90 Å². The highest BCUT2D eigenvalue weighted by Crippen LogP contribution is 2.39. The number of halogens is 2. The first-order valence-electron chi connectivity index (χ1n) is 13.0. The van der Waals surface area contributed by atoms with E-state index in [1.165, 1.54) is 19.2 Å². The van der Waals surface area contributed by atoms with Gasteiger partial charge in [0.15, 0.2) is 11.5 Å². The quantitative estimate of drug-likeness (QED) is 0.294. The minimum absolute atomic E-state index is 0.176. The molecule has 0 radical (unpaired) electrons. The van der Waals surface area contributed by atoms with Gasteiger partial charge in [0.1, 0.15) is 19.0 Å². The van der Waals surface area contributed by atoms with E-state index in [1.807, 2.05) is 18.2 Å².